The van der Waals surface area contributed by atoms with Gasteiger partial charge in [-0.15, -0.1) is 0 Å². The molecule has 31 heavy (non-hydrogen) atoms. The van der Waals surface area contributed by atoms with Gasteiger partial charge in [0.25, 0.3) is 0 Å². The van der Waals surface area contributed by atoms with Crippen molar-refractivity contribution in [2.24, 2.45) is 0 Å². The molecule has 0 saturated heterocycles. The predicted molar refractivity (Wildman–Crippen MR) is 114 cm³/mol. The molecule has 1 aliphatic rings. The number of benzene rings is 2. The maximum absolute atomic E-state index is 13.4. The number of halogens is 4. The van der Waals surface area contributed by atoms with Crippen molar-refractivity contribution in [3.8, 4) is 5.75 Å². The Morgan fingerprint density at radius 2 is 2.00 bits per heavy atom. The van der Waals surface area contributed by atoms with Gasteiger partial charge in [-0.05, 0) is 31.2 Å². The molecule has 0 aliphatic carbocycles. The molecule has 3 rings (SSSR count). The summed E-state index contributed by atoms with van der Waals surface area (Å²) in [5.41, 5.74) is 0.0318. The lowest BCUT2D eigenvalue weighted by atomic mass is 9.97. The molecule has 166 valence electrons. The number of thiocarbonyl (C=S) groups is 1. The fraction of sp³-hybridized carbons (Fsp3) is 0.333. The third kappa shape index (κ3) is 5.11. The van der Waals surface area contributed by atoms with Gasteiger partial charge in [-0.1, -0.05) is 36.0 Å². The Labute approximate surface area is 187 Å². The Hall–Kier alpha value is -2.36. The minimum Gasteiger partial charge on any atom is -0.495 e. The third-order valence-electron chi connectivity index (χ3n) is 4.66. The number of anilines is 1. The van der Waals surface area contributed by atoms with Crippen molar-refractivity contribution in [1.29, 1.82) is 0 Å². The molecule has 0 spiro atoms. The van der Waals surface area contributed by atoms with E-state index in [-0.39, 0.29) is 28.6 Å². The zero-order valence-electron chi connectivity index (χ0n) is 16.6. The molecule has 0 amide bonds. The summed E-state index contributed by atoms with van der Waals surface area (Å²) >= 11 is 11.8. The zero-order chi connectivity index (χ0) is 22.8. The first-order chi connectivity index (χ1) is 14.7. The number of esters is 1. The van der Waals surface area contributed by atoms with Crippen LogP contribution in [-0.2, 0) is 20.4 Å². The topological polar surface area (TPSA) is 56.8 Å². The lowest BCUT2D eigenvalue weighted by molar-refractivity contribution is -0.145. The number of ether oxygens (including phenoxy) is 3. The molecule has 2 atom stereocenters. The summed E-state index contributed by atoms with van der Waals surface area (Å²) in [6, 6.07) is 8.10. The molecular formula is C21H19ClF3NO4S. The van der Waals surface area contributed by atoms with Crippen LogP contribution in [0.1, 0.15) is 36.1 Å². The summed E-state index contributed by atoms with van der Waals surface area (Å²) in [5.74, 6) is -0.216. The van der Waals surface area contributed by atoms with Gasteiger partial charge in [0.2, 0.25) is 0 Å². The van der Waals surface area contributed by atoms with E-state index in [1.54, 1.807) is 25.1 Å². The van der Waals surface area contributed by atoms with Crippen molar-refractivity contribution >= 4 is 40.5 Å². The lowest BCUT2D eigenvalue weighted by Crippen LogP contribution is -2.31. The average molecular weight is 474 g/mol. The highest BCUT2D eigenvalue weighted by Gasteiger charge is 2.36. The van der Waals surface area contributed by atoms with Crippen LogP contribution >= 0.6 is 23.8 Å². The summed E-state index contributed by atoms with van der Waals surface area (Å²) in [6.07, 6.45) is -6.76. The summed E-state index contributed by atoms with van der Waals surface area (Å²) in [5, 5.41) is 3.08. The van der Waals surface area contributed by atoms with Gasteiger partial charge in [0.15, 0.2) is 0 Å². The molecule has 1 heterocycles. The van der Waals surface area contributed by atoms with Gasteiger partial charge in [-0.3, -0.25) is 4.79 Å². The number of carbonyl (C=O) groups is 1. The molecular weight excluding hydrogens is 455 g/mol. The Kier molecular flexibility index (Phi) is 7.08. The van der Waals surface area contributed by atoms with Crippen LogP contribution in [0.3, 0.4) is 0 Å². The van der Waals surface area contributed by atoms with Crippen LogP contribution < -0.4 is 10.1 Å². The smallest absolute Gasteiger partial charge is 0.416 e. The number of methoxy groups -OCH3 is 1. The van der Waals surface area contributed by atoms with Gasteiger partial charge >= 0.3 is 12.1 Å². The van der Waals surface area contributed by atoms with Crippen LogP contribution in [0.2, 0.25) is 5.02 Å². The third-order valence-corrected chi connectivity index (χ3v) is 5.43. The van der Waals surface area contributed by atoms with Crippen LogP contribution in [0.15, 0.2) is 36.4 Å². The SMILES string of the molecule is CCOC(=O)C[C@@H]1O[C@@H](c2cccc(OC)c2Cl)c2cc(C(F)(F)F)ccc2NC1=S. The highest BCUT2D eigenvalue weighted by atomic mass is 35.5. The summed E-state index contributed by atoms with van der Waals surface area (Å²) in [4.78, 5) is 12.2. The van der Waals surface area contributed by atoms with Crippen molar-refractivity contribution in [2.75, 3.05) is 19.0 Å². The minimum atomic E-state index is -4.56. The molecule has 0 bridgehead atoms. The Balaban J connectivity index is 2.14. The maximum atomic E-state index is 13.4. The van der Waals surface area contributed by atoms with Crippen LogP contribution in [0.25, 0.3) is 0 Å². The average Bonchev–Trinajstić information content (AvgIpc) is 2.84. The summed E-state index contributed by atoms with van der Waals surface area (Å²) in [6.45, 7) is 1.84. The number of hydrogen-bond donors (Lipinski definition) is 1. The second-order valence-electron chi connectivity index (χ2n) is 6.67. The van der Waals surface area contributed by atoms with Gasteiger partial charge in [0.05, 0.1) is 30.7 Å². The van der Waals surface area contributed by atoms with Gasteiger partial charge in [-0.2, -0.15) is 13.2 Å². The monoisotopic (exact) mass is 473 g/mol. The van der Waals surface area contributed by atoms with E-state index in [4.69, 9.17) is 38.0 Å². The molecule has 0 saturated carbocycles. The molecule has 0 aromatic heterocycles. The molecule has 0 fully saturated rings. The second-order valence-corrected chi connectivity index (χ2v) is 7.48. The Morgan fingerprint density at radius 1 is 1.26 bits per heavy atom. The van der Waals surface area contributed by atoms with Crippen molar-refractivity contribution in [3.63, 3.8) is 0 Å². The Bertz CT molecular complexity index is 999. The van der Waals surface area contributed by atoms with Crippen molar-refractivity contribution in [3.05, 3.63) is 58.1 Å². The highest BCUT2D eigenvalue weighted by Crippen LogP contribution is 2.43. The second kappa shape index (κ2) is 9.42. The number of nitrogens with one attached hydrogen (secondary N) is 1. The van der Waals surface area contributed by atoms with E-state index in [0.717, 1.165) is 12.1 Å². The number of alkyl halides is 3. The molecule has 0 unspecified atom stereocenters. The van der Waals surface area contributed by atoms with E-state index in [1.165, 1.54) is 13.2 Å². The number of rotatable bonds is 5. The predicted octanol–water partition coefficient (Wildman–Crippen LogP) is 5.55. The number of fused-ring (bicyclic) bond motifs is 1. The fourth-order valence-electron chi connectivity index (χ4n) is 3.22. The standard InChI is InChI=1S/C21H19ClF3NO4S/c1-3-29-17(27)10-16-20(31)26-14-8-7-11(21(23,24)25)9-13(14)19(30-16)12-5-4-6-15(28-2)18(12)22/h4-9,16,19H,3,10H2,1-2H3,(H,26,31)/t16-,19-/m0/s1. The molecule has 2 aromatic rings. The van der Waals surface area contributed by atoms with E-state index in [2.05, 4.69) is 5.32 Å². The zero-order valence-corrected chi connectivity index (χ0v) is 18.2. The van der Waals surface area contributed by atoms with E-state index < -0.39 is 29.9 Å². The molecule has 5 nitrogen and oxygen atoms in total. The van der Waals surface area contributed by atoms with E-state index >= 15 is 0 Å². The quantitative estimate of drug-likeness (QED) is 0.454. The number of hydrogen-bond acceptors (Lipinski definition) is 5. The van der Waals surface area contributed by atoms with Crippen LogP contribution in [0.4, 0.5) is 18.9 Å². The van der Waals surface area contributed by atoms with Crippen molar-refractivity contribution in [2.45, 2.75) is 31.7 Å². The largest absolute Gasteiger partial charge is 0.495 e. The van der Waals surface area contributed by atoms with E-state index in [0.29, 0.717) is 17.0 Å². The van der Waals surface area contributed by atoms with Gasteiger partial charge in [-0.25, -0.2) is 0 Å². The lowest BCUT2D eigenvalue weighted by Gasteiger charge is -2.24. The normalized spacial score (nSPS) is 18.6. The summed E-state index contributed by atoms with van der Waals surface area (Å²) < 4.78 is 56.5. The summed E-state index contributed by atoms with van der Waals surface area (Å²) in [7, 11) is 1.43. The fourth-order valence-corrected chi connectivity index (χ4v) is 3.77. The van der Waals surface area contributed by atoms with Crippen LogP contribution in [-0.4, -0.2) is 30.8 Å². The number of carbonyl (C=O) groups excluding carboxylic acids is 1. The van der Waals surface area contributed by atoms with Crippen molar-refractivity contribution < 1.29 is 32.2 Å². The minimum absolute atomic E-state index is 0.149. The Morgan fingerprint density at radius 3 is 2.65 bits per heavy atom. The molecule has 2 aromatic carbocycles. The van der Waals surface area contributed by atoms with E-state index in [1.807, 2.05) is 0 Å². The van der Waals surface area contributed by atoms with Crippen LogP contribution in [0, 0.1) is 0 Å². The van der Waals surface area contributed by atoms with Crippen molar-refractivity contribution in [1.82, 2.24) is 0 Å². The molecule has 1 N–H and O–H groups in total. The van der Waals surface area contributed by atoms with Crippen LogP contribution in [0.5, 0.6) is 5.75 Å². The van der Waals surface area contributed by atoms with E-state index in [9.17, 15) is 18.0 Å². The van der Waals surface area contributed by atoms with Gasteiger partial charge < -0.3 is 19.5 Å². The van der Waals surface area contributed by atoms with Gasteiger partial charge in [0.1, 0.15) is 22.9 Å². The first-order valence-corrected chi connectivity index (χ1v) is 10.1. The highest BCUT2D eigenvalue weighted by molar-refractivity contribution is 7.80. The molecule has 0 radical (unpaired) electrons. The molecule has 10 heteroatoms. The van der Waals surface area contributed by atoms with Gasteiger partial charge in [0, 0.05) is 16.8 Å². The first kappa shape index (κ1) is 23.3. The maximum Gasteiger partial charge on any atom is 0.416 e. The molecule has 1 aliphatic heterocycles. The first-order valence-electron chi connectivity index (χ1n) is 9.31.